The van der Waals surface area contributed by atoms with Crippen LogP contribution in [0, 0.1) is 0 Å². The van der Waals surface area contributed by atoms with E-state index in [0.717, 1.165) is 66.2 Å². The summed E-state index contributed by atoms with van der Waals surface area (Å²) in [4.78, 5) is 28.6. The molecule has 0 aliphatic rings. The quantitative estimate of drug-likeness (QED) is 0.210. The molecule has 0 atom stereocenters. The molecule has 0 amide bonds. The molecular formula is C36H22N6. The second-order valence-electron chi connectivity index (χ2n) is 10.0. The molecule has 196 valence electrons. The van der Waals surface area contributed by atoms with E-state index in [1.807, 2.05) is 110 Å². The molecule has 0 N–H and O–H groups in total. The number of hydrogen-bond acceptors (Lipinski definition) is 6. The van der Waals surface area contributed by atoms with Gasteiger partial charge in [0.1, 0.15) is 0 Å². The molecule has 4 aromatic carbocycles. The first-order valence-electron chi connectivity index (χ1n) is 13.7. The minimum atomic E-state index is 0.690. The van der Waals surface area contributed by atoms with Crippen molar-refractivity contribution in [1.29, 1.82) is 0 Å². The van der Waals surface area contributed by atoms with Crippen LogP contribution in [0.1, 0.15) is 0 Å². The van der Waals surface area contributed by atoms with Crippen molar-refractivity contribution >= 4 is 32.6 Å². The van der Waals surface area contributed by atoms with E-state index < -0.39 is 0 Å². The van der Waals surface area contributed by atoms with Gasteiger partial charge < -0.3 is 0 Å². The summed E-state index contributed by atoms with van der Waals surface area (Å²) in [7, 11) is 0. The number of hydrogen-bond donors (Lipinski definition) is 0. The molecule has 8 aromatic rings. The van der Waals surface area contributed by atoms with E-state index in [0.29, 0.717) is 11.6 Å². The molecule has 0 radical (unpaired) electrons. The fraction of sp³-hybridized carbons (Fsp3) is 0. The van der Waals surface area contributed by atoms with E-state index in [-0.39, 0.29) is 0 Å². The molecule has 0 aliphatic heterocycles. The molecule has 0 spiro atoms. The Morgan fingerprint density at radius 2 is 0.833 bits per heavy atom. The molecule has 0 fully saturated rings. The highest BCUT2D eigenvalue weighted by molar-refractivity contribution is 6.21. The van der Waals surface area contributed by atoms with Gasteiger partial charge in [0.2, 0.25) is 0 Å². The fourth-order valence-electron chi connectivity index (χ4n) is 5.55. The van der Waals surface area contributed by atoms with Gasteiger partial charge in [0.15, 0.2) is 11.6 Å². The first kappa shape index (κ1) is 24.0. The zero-order valence-electron chi connectivity index (χ0n) is 22.4. The maximum Gasteiger partial charge on any atom is 0.159 e. The molecule has 4 heterocycles. The molecule has 6 heteroatoms. The smallest absolute Gasteiger partial charge is 0.159 e. The summed E-state index contributed by atoms with van der Waals surface area (Å²) >= 11 is 0. The molecule has 0 aliphatic carbocycles. The Balaban J connectivity index is 1.32. The van der Waals surface area contributed by atoms with E-state index in [2.05, 4.69) is 34.2 Å². The zero-order chi connectivity index (χ0) is 27.9. The van der Waals surface area contributed by atoms with Crippen molar-refractivity contribution in [2.45, 2.75) is 0 Å². The van der Waals surface area contributed by atoms with Crippen LogP contribution < -0.4 is 0 Å². The van der Waals surface area contributed by atoms with Crippen LogP contribution in [-0.2, 0) is 0 Å². The van der Waals surface area contributed by atoms with E-state index in [9.17, 15) is 0 Å². The monoisotopic (exact) mass is 538 g/mol. The van der Waals surface area contributed by atoms with Gasteiger partial charge in [0, 0.05) is 63.2 Å². The van der Waals surface area contributed by atoms with Gasteiger partial charge in [-0.15, -0.1) is 0 Å². The van der Waals surface area contributed by atoms with Gasteiger partial charge in [-0.05, 0) is 29.7 Å². The van der Waals surface area contributed by atoms with E-state index >= 15 is 0 Å². The Labute approximate surface area is 241 Å². The van der Waals surface area contributed by atoms with Crippen LogP contribution >= 0.6 is 0 Å². The van der Waals surface area contributed by atoms with Crippen LogP contribution in [0.15, 0.2) is 134 Å². The maximum absolute atomic E-state index is 4.92. The molecule has 0 unspecified atom stereocenters. The number of nitrogens with zero attached hydrogens (tertiary/aromatic N) is 6. The number of pyridine rings is 2. The average Bonchev–Trinajstić information content (AvgIpc) is 3.08. The van der Waals surface area contributed by atoms with Crippen molar-refractivity contribution in [3.8, 4) is 45.3 Å². The summed E-state index contributed by atoms with van der Waals surface area (Å²) in [5, 5.41) is 4.10. The van der Waals surface area contributed by atoms with Gasteiger partial charge in [-0.3, -0.25) is 9.97 Å². The van der Waals surface area contributed by atoms with Crippen LogP contribution in [0.2, 0.25) is 0 Å². The number of aromatic nitrogens is 6. The minimum Gasteiger partial charge on any atom is -0.255 e. The predicted molar refractivity (Wildman–Crippen MR) is 167 cm³/mol. The highest BCUT2D eigenvalue weighted by atomic mass is 14.9. The fourth-order valence-corrected chi connectivity index (χ4v) is 5.55. The standard InChI is InChI=1S/C36H22N6/c1-3-7-24(8-4-1)35-39-21-17-30(41-35)26-15-19-37-33-28(26)13-11-23-12-14-29-27(16-20-38-34(29)32(23)33)31-18-22-40-36(42-31)25-9-5-2-6-10-25/h1-22H. The number of fused-ring (bicyclic) bond motifs is 5. The highest BCUT2D eigenvalue weighted by Gasteiger charge is 2.15. The molecule has 6 nitrogen and oxygen atoms in total. The number of benzene rings is 4. The first-order valence-corrected chi connectivity index (χ1v) is 13.7. The third-order valence-electron chi connectivity index (χ3n) is 7.53. The van der Waals surface area contributed by atoms with Crippen molar-refractivity contribution in [2.24, 2.45) is 0 Å². The zero-order valence-corrected chi connectivity index (χ0v) is 22.4. The summed E-state index contributed by atoms with van der Waals surface area (Å²) < 4.78 is 0. The average molecular weight is 539 g/mol. The summed E-state index contributed by atoms with van der Waals surface area (Å²) in [5.41, 5.74) is 7.41. The van der Waals surface area contributed by atoms with Gasteiger partial charge in [0.25, 0.3) is 0 Å². The van der Waals surface area contributed by atoms with E-state index in [1.54, 1.807) is 0 Å². The third kappa shape index (κ3) is 4.05. The van der Waals surface area contributed by atoms with Gasteiger partial charge >= 0.3 is 0 Å². The minimum absolute atomic E-state index is 0.690. The molecule has 0 saturated carbocycles. The lowest BCUT2D eigenvalue weighted by Crippen LogP contribution is -1.95. The molecule has 0 saturated heterocycles. The van der Waals surface area contributed by atoms with Crippen LogP contribution in [0.5, 0.6) is 0 Å². The molecule has 0 bridgehead atoms. The van der Waals surface area contributed by atoms with Crippen molar-refractivity contribution < 1.29 is 0 Å². The first-order chi connectivity index (χ1) is 20.8. The van der Waals surface area contributed by atoms with Crippen LogP contribution in [0.3, 0.4) is 0 Å². The van der Waals surface area contributed by atoms with Crippen LogP contribution in [0.25, 0.3) is 77.9 Å². The maximum atomic E-state index is 4.92. The van der Waals surface area contributed by atoms with Crippen molar-refractivity contribution in [1.82, 2.24) is 29.9 Å². The van der Waals surface area contributed by atoms with Crippen LogP contribution in [-0.4, -0.2) is 29.9 Å². The SMILES string of the molecule is c1ccc(-c2nccc(-c3ccnc4c3ccc3ccc5c(-c6ccnc(-c7ccccc7)n6)ccnc5c34)n2)cc1. The summed E-state index contributed by atoms with van der Waals surface area (Å²) in [5.74, 6) is 1.38. The number of rotatable bonds is 4. The van der Waals surface area contributed by atoms with Gasteiger partial charge in [-0.2, -0.15) is 0 Å². The lowest BCUT2D eigenvalue weighted by Gasteiger charge is -2.12. The lowest BCUT2D eigenvalue weighted by molar-refractivity contribution is 1.18. The second-order valence-corrected chi connectivity index (χ2v) is 10.0. The van der Waals surface area contributed by atoms with Gasteiger partial charge in [-0.1, -0.05) is 84.9 Å². The third-order valence-corrected chi connectivity index (χ3v) is 7.53. The van der Waals surface area contributed by atoms with Crippen molar-refractivity contribution in [2.75, 3.05) is 0 Å². The Morgan fingerprint density at radius 1 is 0.381 bits per heavy atom. The van der Waals surface area contributed by atoms with Crippen molar-refractivity contribution in [3.05, 3.63) is 134 Å². The van der Waals surface area contributed by atoms with E-state index in [4.69, 9.17) is 19.9 Å². The van der Waals surface area contributed by atoms with Gasteiger partial charge in [0.05, 0.1) is 22.4 Å². The molecule has 4 aromatic heterocycles. The van der Waals surface area contributed by atoms with Crippen molar-refractivity contribution in [3.63, 3.8) is 0 Å². The Hall–Kier alpha value is -5.88. The summed E-state index contributed by atoms with van der Waals surface area (Å²) in [6.45, 7) is 0. The largest absolute Gasteiger partial charge is 0.255 e. The Kier molecular flexibility index (Phi) is 5.67. The highest BCUT2D eigenvalue weighted by Crippen LogP contribution is 2.37. The second kappa shape index (κ2) is 9.94. The lowest BCUT2D eigenvalue weighted by atomic mass is 9.96. The van der Waals surface area contributed by atoms with E-state index in [1.165, 1.54) is 0 Å². The molecule has 42 heavy (non-hydrogen) atoms. The summed E-state index contributed by atoms with van der Waals surface area (Å²) in [6.07, 6.45) is 7.32. The Bertz CT molecular complexity index is 2090. The normalized spacial score (nSPS) is 11.3. The van der Waals surface area contributed by atoms with Crippen LogP contribution in [0.4, 0.5) is 0 Å². The molecular weight excluding hydrogens is 516 g/mol. The topological polar surface area (TPSA) is 77.3 Å². The summed E-state index contributed by atoms with van der Waals surface area (Å²) in [6, 6.07) is 36.5. The van der Waals surface area contributed by atoms with Gasteiger partial charge in [-0.25, -0.2) is 19.9 Å². The predicted octanol–water partition coefficient (Wildman–Crippen LogP) is 8.18. The molecule has 8 rings (SSSR count). The Morgan fingerprint density at radius 3 is 1.31 bits per heavy atom.